The van der Waals surface area contributed by atoms with E-state index in [1.807, 2.05) is 24.3 Å². The third kappa shape index (κ3) is 1.95. The fourth-order valence-electron chi connectivity index (χ4n) is 1.88. The van der Waals surface area contributed by atoms with Gasteiger partial charge in [0.05, 0.1) is 0 Å². The van der Waals surface area contributed by atoms with Crippen molar-refractivity contribution >= 4 is 10.2 Å². The zero-order valence-corrected chi connectivity index (χ0v) is 8.42. The second-order valence-electron chi connectivity index (χ2n) is 3.45. The summed E-state index contributed by atoms with van der Waals surface area (Å²) < 4.78 is 24.2. The molecule has 14 heavy (non-hydrogen) atoms. The van der Waals surface area contributed by atoms with Crippen LogP contribution in [0.4, 0.5) is 0 Å². The maximum absolute atomic E-state index is 10.9. The lowest BCUT2D eigenvalue weighted by molar-refractivity contribution is 0.556. The van der Waals surface area contributed by atoms with E-state index >= 15 is 0 Å². The molecule has 1 atom stereocenters. The second-order valence-corrected chi connectivity index (χ2v) is 4.78. The van der Waals surface area contributed by atoms with Crippen LogP contribution in [0.1, 0.15) is 23.6 Å². The van der Waals surface area contributed by atoms with E-state index in [-0.39, 0.29) is 6.04 Å². The third-order valence-corrected chi connectivity index (χ3v) is 3.05. The molecule has 0 aromatic heterocycles. The average molecular weight is 212 g/mol. The van der Waals surface area contributed by atoms with E-state index in [2.05, 4.69) is 4.72 Å². The Hall–Kier alpha value is -0.910. The van der Waals surface area contributed by atoms with Crippen LogP contribution >= 0.6 is 0 Å². The number of fused-ring (bicyclic) bond motifs is 1. The van der Waals surface area contributed by atoms with E-state index in [0.717, 1.165) is 18.4 Å². The maximum atomic E-state index is 10.9. The van der Waals surface area contributed by atoms with Gasteiger partial charge in [0, 0.05) is 6.04 Å². The first-order valence-corrected chi connectivity index (χ1v) is 5.99. The van der Waals surface area contributed by atoms with Gasteiger partial charge in [-0.25, -0.2) is 5.14 Å². The molecule has 5 heteroatoms. The first-order chi connectivity index (χ1) is 6.56. The molecule has 2 rings (SSSR count). The quantitative estimate of drug-likeness (QED) is 0.747. The standard InChI is InChI=1S/C9H12N2O2S/c10-14(12,13)11-9-6-5-7-3-1-2-4-8(7)9/h1-4,9,11H,5-6H2,(H2,10,12,13). The SMILES string of the molecule is NS(=O)(=O)NC1CCc2ccccc21. The van der Waals surface area contributed by atoms with Crippen LogP contribution in [0.15, 0.2) is 24.3 Å². The molecule has 0 spiro atoms. The Balaban J connectivity index is 2.27. The van der Waals surface area contributed by atoms with Crippen LogP contribution < -0.4 is 9.86 Å². The molecule has 0 bridgehead atoms. The second kappa shape index (κ2) is 3.34. The molecule has 1 aliphatic rings. The third-order valence-electron chi connectivity index (χ3n) is 2.44. The average Bonchev–Trinajstić information content (AvgIpc) is 2.47. The van der Waals surface area contributed by atoms with Crippen molar-refractivity contribution in [3.63, 3.8) is 0 Å². The van der Waals surface area contributed by atoms with Gasteiger partial charge in [-0.2, -0.15) is 13.1 Å². The molecular formula is C9H12N2O2S. The summed E-state index contributed by atoms with van der Waals surface area (Å²) in [6.45, 7) is 0. The first-order valence-electron chi connectivity index (χ1n) is 4.44. The van der Waals surface area contributed by atoms with E-state index < -0.39 is 10.2 Å². The Morgan fingerprint density at radius 3 is 2.79 bits per heavy atom. The van der Waals surface area contributed by atoms with Crippen molar-refractivity contribution in [3.8, 4) is 0 Å². The van der Waals surface area contributed by atoms with Crippen LogP contribution in [0.5, 0.6) is 0 Å². The normalized spacial score (nSPS) is 20.8. The summed E-state index contributed by atoms with van der Waals surface area (Å²) in [5, 5.41) is 4.93. The van der Waals surface area contributed by atoms with Crippen molar-refractivity contribution in [3.05, 3.63) is 35.4 Å². The Morgan fingerprint density at radius 2 is 2.07 bits per heavy atom. The van der Waals surface area contributed by atoms with E-state index in [4.69, 9.17) is 5.14 Å². The smallest absolute Gasteiger partial charge is 0.216 e. The lowest BCUT2D eigenvalue weighted by Gasteiger charge is -2.11. The molecule has 0 amide bonds. The lowest BCUT2D eigenvalue weighted by Crippen LogP contribution is -2.33. The Bertz CT molecular complexity index is 442. The largest absolute Gasteiger partial charge is 0.274 e. The summed E-state index contributed by atoms with van der Waals surface area (Å²) in [4.78, 5) is 0. The molecule has 1 unspecified atom stereocenters. The van der Waals surface area contributed by atoms with Crippen LogP contribution in [0, 0.1) is 0 Å². The monoisotopic (exact) mass is 212 g/mol. The number of hydrogen-bond acceptors (Lipinski definition) is 2. The zero-order chi connectivity index (χ0) is 10.2. The Kier molecular flexibility index (Phi) is 2.30. The van der Waals surface area contributed by atoms with Crippen molar-refractivity contribution < 1.29 is 8.42 Å². The van der Waals surface area contributed by atoms with Crippen LogP contribution in [0.3, 0.4) is 0 Å². The topological polar surface area (TPSA) is 72.2 Å². The van der Waals surface area contributed by atoms with Crippen molar-refractivity contribution in [1.82, 2.24) is 4.72 Å². The highest BCUT2D eigenvalue weighted by Crippen LogP contribution is 2.30. The van der Waals surface area contributed by atoms with Gasteiger partial charge in [0.25, 0.3) is 10.2 Å². The molecule has 1 aromatic rings. The number of nitrogens with one attached hydrogen (secondary N) is 1. The van der Waals surface area contributed by atoms with Gasteiger partial charge in [0.1, 0.15) is 0 Å². The van der Waals surface area contributed by atoms with Gasteiger partial charge in [-0.15, -0.1) is 0 Å². The highest BCUT2D eigenvalue weighted by Gasteiger charge is 2.24. The van der Waals surface area contributed by atoms with Crippen molar-refractivity contribution in [2.24, 2.45) is 5.14 Å². The predicted molar refractivity (Wildman–Crippen MR) is 53.7 cm³/mol. The summed E-state index contributed by atoms with van der Waals surface area (Å²) in [5.74, 6) is 0. The molecule has 0 aliphatic heterocycles. The highest BCUT2D eigenvalue weighted by molar-refractivity contribution is 7.87. The van der Waals surface area contributed by atoms with E-state index in [9.17, 15) is 8.42 Å². The molecule has 0 radical (unpaired) electrons. The van der Waals surface area contributed by atoms with Crippen LogP contribution in [-0.4, -0.2) is 8.42 Å². The molecule has 0 saturated carbocycles. The minimum Gasteiger partial charge on any atom is -0.216 e. The van der Waals surface area contributed by atoms with Gasteiger partial charge >= 0.3 is 0 Å². The number of aryl methyl sites for hydroxylation is 1. The van der Waals surface area contributed by atoms with Gasteiger partial charge in [-0.3, -0.25) is 0 Å². The minimum absolute atomic E-state index is 0.152. The molecule has 4 nitrogen and oxygen atoms in total. The van der Waals surface area contributed by atoms with Crippen LogP contribution in [0.25, 0.3) is 0 Å². The molecule has 1 aliphatic carbocycles. The zero-order valence-electron chi connectivity index (χ0n) is 7.60. The first kappa shape index (κ1) is 9.64. The highest BCUT2D eigenvalue weighted by atomic mass is 32.2. The Morgan fingerprint density at radius 1 is 1.36 bits per heavy atom. The number of benzene rings is 1. The van der Waals surface area contributed by atoms with Gasteiger partial charge < -0.3 is 0 Å². The van der Waals surface area contributed by atoms with Gasteiger partial charge in [-0.05, 0) is 24.0 Å². The fraction of sp³-hybridized carbons (Fsp3) is 0.333. The molecule has 1 aromatic carbocycles. The molecular weight excluding hydrogens is 200 g/mol. The predicted octanol–water partition coefficient (Wildman–Crippen LogP) is 0.467. The van der Waals surface area contributed by atoms with E-state index in [0.29, 0.717) is 0 Å². The molecule has 0 saturated heterocycles. The summed E-state index contributed by atoms with van der Waals surface area (Å²) in [6.07, 6.45) is 1.69. The minimum atomic E-state index is -3.60. The lowest BCUT2D eigenvalue weighted by atomic mass is 10.1. The van der Waals surface area contributed by atoms with Gasteiger partial charge in [0.15, 0.2) is 0 Å². The summed E-state index contributed by atoms with van der Waals surface area (Å²) in [5.41, 5.74) is 2.25. The van der Waals surface area contributed by atoms with Gasteiger partial charge in [-0.1, -0.05) is 24.3 Å². The number of nitrogens with two attached hydrogens (primary N) is 1. The van der Waals surface area contributed by atoms with Gasteiger partial charge in [0.2, 0.25) is 0 Å². The Labute approximate surface area is 83.3 Å². The summed E-state index contributed by atoms with van der Waals surface area (Å²) >= 11 is 0. The van der Waals surface area contributed by atoms with Crippen molar-refractivity contribution in [2.45, 2.75) is 18.9 Å². The number of rotatable bonds is 2. The fourth-order valence-corrected chi connectivity index (χ4v) is 2.52. The van der Waals surface area contributed by atoms with Crippen molar-refractivity contribution in [1.29, 1.82) is 0 Å². The summed E-state index contributed by atoms with van der Waals surface area (Å²) in [6, 6.07) is 7.66. The van der Waals surface area contributed by atoms with Crippen molar-refractivity contribution in [2.75, 3.05) is 0 Å². The molecule has 3 N–H and O–H groups in total. The summed E-state index contributed by atoms with van der Waals surface area (Å²) in [7, 11) is -3.60. The molecule has 0 heterocycles. The van der Waals surface area contributed by atoms with Crippen LogP contribution in [-0.2, 0) is 16.6 Å². The molecule has 76 valence electrons. The van der Waals surface area contributed by atoms with Crippen LogP contribution in [0.2, 0.25) is 0 Å². The number of hydrogen-bond donors (Lipinski definition) is 2. The van der Waals surface area contributed by atoms with E-state index in [1.54, 1.807) is 0 Å². The van der Waals surface area contributed by atoms with E-state index in [1.165, 1.54) is 5.56 Å². The maximum Gasteiger partial charge on any atom is 0.274 e. The molecule has 0 fully saturated rings.